The molecule has 0 aliphatic carbocycles. The first-order chi connectivity index (χ1) is 14.4. The van der Waals surface area contributed by atoms with Crippen LogP contribution in [0.3, 0.4) is 0 Å². The van der Waals surface area contributed by atoms with E-state index in [1.54, 1.807) is 0 Å². The van der Waals surface area contributed by atoms with E-state index in [0.717, 1.165) is 12.0 Å². The second-order valence-corrected chi connectivity index (χ2v) is 6.46. The molecule has 1 heterocycles. The van der Waals surface area contributed by atoms with Gasteiger partial charge in [-0.3, -0.25) is 9.59 Å². The normalized spacial score (nSPS) is 10.3. The Labute approximate surface area is 174 Å². The van der Waals surface area contributed by atoms with E-state index in [-0.39, 0.29) is 48.4 Å². The van der Waals surface area contributed by atoms with E-state index in [9.17, 15) is 14.4 Å². The monoisotopic (exact) mass is 414 g/mol. The average molecular weight is 414 g/mol. The van der Waals surface area contributed by atoms with Crippen LogP contribution < -0.4 is 22.1 Å². The van der Waals surface area contributed by atoms with Gasteiger partial charge >= 0.3 is 6.09 Å². The lowest BCUT2D eigenvalue weighted by Gasteiger charge is -2.10. The van der Waals surface area contributed by atoms with Gasteiger partial charge in [-0.15, -0.1) is 0 Å². The van der Waals surface area contributed by atoms with Gasteiger partial charge in [0.2, 0.25) is 0 Å². The van der Waals surface area contributed by atoms with E-state index in [0.29, 0.717) is 13.0 Å². The third kappa shape index (κ3) is 6.73. The number of benzene rings is 1. The highest BCUT2D eigenvalue weighted by atomic mass is 16.5. The number of nitrogens with two attached hydrogens (primary N) is 2. The number of hydrogen-bond acceptors (Lipinski definition) is 8. The van der Waals surface area contributed by atoms with Crippen molar-refractivity contribution in [2.24, 2.45) is 0 Å². The molecule has 0 bridgehead atoms. The number of amides is 2. The number of aromatic nitrogens is 2. The Kier molecular flexibility index (Phi) is 8.55. The van der Waals surface area contributed by atoms with E-state index in [1.807, 2.05) is 37.3 Å². The summed E-state index contributed by atoms with van der Waals surface area (Å²) < 4.78 is 5.09. The fourth-order valence-corrected chi connectivity index (χ4v) is 2.49. The van der Waals surface area contributed by atoms with Gasteiger partial charge in [-0.1, -0.05) is 37.3 Å². The SMILES string of the molecule is CCCNC(=O)c1nc(N)c(C(=O)CCCNC(=O)OCc2ccccc2)nc1N. The molecular formula is C20H26N6O4. The number of nitrogen functional groups attached to an aromatic ring is 2. The summed E-state index contributed by atoms with van der Waals surface area (Å²) in [6, 6.07) is 9.28. The van der Waals surface area contributed by atoms with Gasteiger partial charge in [-0.25, -0.2) is 14.8 Å². The highest BCUT2D eigenvalue weighted by Crippen LogP contribution is 2.15. The van der Waals surface area contributed by atoms with Crippen LogP contribution >= 0.6 is 0 Å². The Balaban J connectivity index is 1.79. The minimum Gasteiger partial charge on any atom is -0.445 e. The average Bonchev–Trinajstić information content (AvgIpc) is 2.75. The standard InChI is InChI=1S/C20H26N6O4/c1-2-10-23-19(28)16-18(22)25-15(17(21)26-16)14(27)9-6-11-24-20(29)30-12-13-7-4-3-5-8-13/h3-5,7-8H,2,6,9-12H2,1H3,(H2,21,26)(H2,22,25)(H,23,28)(H,24,29). The molecular weight excluding hydrogens is 388 g/mol. The van der Waals surface area contributed by atoms with Crippen LogP contribution in [0.15, 0.2) is 30.3 Å². The van der Waals surface area contributed by atoms with Crippen molar-refractivity contribution in [1.29, 1.82) is 0 Å². The predicted molar refractivity (Wildman–Crippen MR) is 112 cm³/mol. The number of carbonyl (C=O) groups excluding carboxylic acids is 3. The quantitative estimate of drug-likeness (QED) is 0.337. The van der Waals surface area contributed by atoms with E-state index >= 15 is 0 Å². The maximum atomic E-state index is 12.3. The van der Waals surface area contributed by atoms with Crippen LogP contribution in [-0.2, 0) is 11.3 Å². The fraction of sp³-hybridized carbons (Fsp3) is 0.350. The molecule has 2 aromatic rings. The molecule has 6 N–H and O–H groups in total. The van der Waals surface area contributed by atoms with E-state index in [1.165, 1.54) is 0 Å². The van der Waals surface area contributed by atoms with Gasteiger partial charge in [0.05, 0.1) is 0 Å². The topological polar surface area (TPSA) is 162 Å². The molecule has 0 saturated carbocycles. The number of carbonyl (C=O) groups is 3. The van der Waals surface area contributed by atoms with E-state index in [4.69, 9.17) is 16.2 Å². The molecule has 0 saturated heterocycles. The molecule has 160 valence electrons. The highest BCUT2D eigenvalue weighted by molar-refractivity contribution is 6.01. The molecule has 0 aliphatic rings. The molecule has 0 unspecified atom stereocenters. The van der Waals surface area contributed by atoms with Gasteiger partial charge in [0, 0.05) is 19.5 Å². The number of hydrogen-bond donors (Lipinski definition) is 4. The Morgan fingerprint density at radius 2 is 1.63 bits per heavy atom. The van der Waals surface area contributed by atoms with Gasteiger partial charge in [-0.05, 0) is 18.4 Å². The summed E-state index contributed by atoms with van der Waals surface area (Å²) in [5, 5.41) is 5.20. The summed E-state index contributed by atoms with van der Waals surface area (Å²) in [4.78, 5) is 43.9. The summed E-state index contributed by atoms with van der Waals surface area (Å²) in [5.41, 5.74) is 12.2. The zero-order valence-electron chi connectivity index (χ0n) is 16.8. The number of nitrogens with one attached hydrogen (secondary N) is 2. The van der Waals surface area contributed by atoms with Crippen LogP contribution in [0.5, 0.6) is 0 Å². The minimum atomic E-state index is -0.572. The maximum Gasteiger partial charge on any atom is 0.407 e. The van der Waals surface area contributed by atoms with Crippen molar-refractivity contribution >= 4 is 29.4 Å². The lowest BCUT2D eigenvalue weighted by molar-refractivity contribution is 0.0943. The molecule has 30 heavy (non-hydrogen) atoms. The van der Waals surface area contributed by atoms with Gasteiger partial charge in [0.25, 0.3) is 5.91 Å². The lowest BCUT2D eigenvalue weighted by Crippen LogP contribution is -2.28. The van der Waals surface area contributed by atoms with Crippen LogP contribution in [0.2, 0.25) is 0 Å². The molecule has 1 aromatic carbocycles. The zero-order valence-corrected chi connectivity index (χ0v) is 16.8. The van der Waals surface area contributed by atoms with Crippen molar-refractivity contribution in [3.8, 4) is 0 Å². The maximum absolute atomic E-state index is 12.3. The van der Waals surface area contributed by atoms with Gasteiger partial charge in [-0.2, -0.15) is 0 Å². The first-order valence-electron chi connectivity index (χ1n) is 9.61. The lowest BCUT2D eigenvalue weighted by atomic mass is 10.1. The Bertz CT molecular complexity index is 888. The first kappa shape index (κ1) is 22.6. The van der Waals surface area contributed by atoms with Crippen molar-refractivity contribution in [1.82, 2.24) is 20.6 Å². The van der Waals surface area contributed by atoms with Crippen LogP contribution in [0.4, 0.5) is 16.4 Å². The molecule has 0 spiro atoms. The van der Waals surface area contributed by atoms with Gasteiger partial charge < -0.3 is 26.8 Å². The van der Waals surface area contributed by atoms with Gasteiger partial charge in [0.1, 0.15) is 6.61 Å². The molecule has 0 aliphatic heterocycles. The van der Waals surface area contributed by atoms with E-state index in [2.05, 4.69) is 20.6 Å². The molecule has 1 aromatic heterocycles. The van der Waals surface area contributed by atoms with Crippen molar-refractivity contribution < 1.29 is 19.1 Å². The summed E-state index contributed by atoms with van der Waals surface area (Å²) in [7, 11) is 0. The Morgan fingerprint density at radius 1 is 0.967 bits per heavy atom. The molecule has 10 heteroatoms. The largest absolute Gasteiger partial charge is 0.445 e. The number of nitrogens with zero attached hydrogens (tertiary/aromatic N) is 2. The number of alkyl carbamates (subject to hydrolysis) is 1. The first-order valence-corrected chi connectivity index (χ1v) is 9.61. The Hall–Kier alpha value is -3.69. The van der Waals surface area contributed by atoms with Crippen LogP contribution in [0.1, 0.15) is 52.7 Å². The molecule has 0 atom stereocenters. The second kappa shape index (κ2) is 11.3. The van der Waals surface area contributed by atoms with Crippen molar-refractivity contribution in [2.45, 2.75) is 32.8 Å². The summed E-state index contributed by atoms with van der Waals surface area (Å²) in [6.07, 6.45) is 0.591. The summed E-state index contributed by atoms with van der Waals surface area (Å²) >= 11 is 0. The van der Waals surface area contributed by atoms with E-state index < -0.39 is 12.0 Å². The molecule has 2 rings (SSSR count). The van der Waals surface area contributed by atoms with Gasteiger partial charge in [0.15, 0.2) is 28.8 Å². The number of Topliss-reactive ketones (excluding diaryl/α,β-unsaturated/α-hetero) is 1. The van der Waals surface area contributed by atoms with Crippen LogP contribution in [0, 0.1) is 0 Å². The minimum absolute atomic E-state index is 0.0681. The van der Waals surface area contributed by atoms with Crippen molar-refractivity contribution in [3.63, 3.8) is 0 Å². The van der Waals surface area contributed by atoms with Crippen molar-refractivity contribution in [3.05, 3.63) is 47.3 Å². The smallest absolute Gasteiger partial charge is 0.407 e. The van der Waals surface area contributed by atoms with Crippen LogP contribution in [-0.4, -0.2) is 40.8 Å². The van der Waals surface area contributed by atoms with Crippen LogP contribution in [0.25, 0.3) is 0 Å². The highest BCUT2D eigenvalue weighted by Gasteiger charge is 2.20. The summed E-state index contributed by atoms with van der Waals surface area (Å²) in [5.74, 6) is -1.20. The fourth-order valence-electron chi connectivity index (χ4n) is 2.49. The summed E-state index contributed by atoms with van der Waals surface area (Å²) in [6.45, 7) is 2.76. The predicted octanol–water partition coefficient (Wildman–Crippen LogP) is 1.67. The number of ketones is 1. The molecule has 10 nitrogen and oxygen atoms in total. The van der Waals surface area contributed by atoms with Crippen molar-refractivity contribution in [2.75, 3.05) is 24.6 Å². The Morgan fingerprint density at radius 3 is 2.33 bits per heavy atom. The molecule has 2 amide bonds. The number of anilines is 2. The molecule has 0 radical (unpaired) electrons. The second-order valence-electron chi connectivity index (χ2n) is 6.46. The molecule has 0 fully saturated rings. The third-order valence-electron chi connectivity index (χ3n) is 4.03. The number of rotatable bonds is 10. The zero-order chi connectivity index (χ0) is 21.9. The third-order valence-corrected chi connectivity index (χ3v) is 4.03. The number of ether oxygens (including phenoxy) is 1.